The molecule has 0 spiro atoms. The zero-order chi connectivity index (χ0) is 23.0. The van der Waals surface area contributed by atoms with Crippen LogP contribution in [0.5, 0.6) is 0 Å². The lowest BCUT2D eigenvalue weighted by Gasteiger charge is -2.20. The largest absolute Gasteiger partial charge is 0.206 e. The molecule has 3 aromatic carbocycles. The van der Waals surface area contributed by atoms with Crippen molar-refractivity contribution >= 4 is 11.6 Å². The van der Waals surface area contributed by atoms with Gasteiger partial charge in [0.1, 0.15) is 5.82 Å². The first kappa shape index (κ1) is 22.3. The minimum atomic E-state index is -1.07. The lowest BCUT2D eigenvalue weighted by atomic mass is 9.85. The van der Waals surface area contributed by atoms with Crippen LogP contribution in [0.3, 0.4) is 0 Å². The van der Waals surface area contributed by atoms with Gasteiger partial charge in [-0.05, 0) is 53.5 Å². The van der Waals surface area contributed by atoms with Gasteiger partial charge in [0.15, 0.2) is 23.3 Å². The fourth-order valence-electron chi connectivity index (χ4n) is 4.34. The van der Waals surface area contributed by atoms with Crippen molar-refractivity contribution in [2.75, 3.05) is 0 Å². The molecule has 5 heteroatoms. The molecule has 0 fully saturated rings. The molecule has 0 radical (unpaired) electrons. The van der Waals surface area contributed by atoms with Gasteiger partial charge in [0.25, 0.3) is 0 Å². The van der Waals surface area contributed by atoms with Crippen LogP contribution in [0.25, 0.3) is 22.8 Å². The van der Waals surface area contributed by atoms with Crippen LogP contribution in [-0.2, 0) is 19.3 Å². The van der Waals surface area contributed by atoms with E-state index in [0.717, 1.165) is 0 Å². The molecule has 0 aromatic heterocycles. The first-order valence-corrected chi connectivity index (χ1v) is 10.8. The van der Waals surface area contributed by atoms with Crippen molar-refractivity contribution in [1.29, 1.82) is 0 Å². The van der Waals surface area contributed by atoms with E-state index in [1.165, 1.54) is 18.2 Å². The average Bonchev–Trinajstić information content (AvgIpc) is 2.79. The summed E-state index contributed by atoms with van der Waals surface area (Å²) in [6.45, 7) is 3.61. The molecule has 0 aliphatic heterocycles. The molecular weight excluding hydrogens is 419 g/mol. The molecule has 4 rings (SSSR count). The number of halogens is 5. The smallest absolute Gasteiger partial charge is 0.167 e. The van der Waals surface area contributed by atoms with Crippen LogP contribution in [0.4, 0.5) is 22.0 Å². The SMILES string of the molecule is CCCc1ccc(C2=Cc3ccc(-c4ccc(CC)c(F)c4F)c(F)c3CC2)c(F)c1F. The molecule has 166 valence electrons. The Balaban J connectivity index is 1.75. The van der Waals surface area contributed by atoms with Crippen molar-refractivity contribution in [3.05, 3.63) is 93.3 Å². The Morgan fingerprint density at radius 1 is 0.625 bits per heavy atom. The Hall–Kier alpha value is -2.95. The summed E-state index contributed by atoms with van der Waals surface area (Å²) >= 11 is 0. The van der Waals surface area contributed by atoms with Crippen molar-refractivity contribution < 1.29 is 22.0 Å². The first-order chi connectivity index (χ1) is 15.4. The Morgan fingerprint density at radius 3 is 1.94 bits per heavy atom. The summed E-state index contributed by atoms with van der Waals surface area (Å²) in [6.07, 6.45) is 3.69. The normalized spacial score (nSPS) is 13.2. The van der Waals surface area contributed by atoms with Crippen LogP contribution in [0.1, 0.15) is 54.5 Å². The van der Waals surface area contributed by atoms with Gasteiger partial charge in [-0.1, -0.05) is 62.7 Å². The van der Waals surface area contributed by atoms with Gasteiger partial charge in [0.2, 0.25) is 0 Å². The number of hydrogen-bond acceptors (Lipinski definition) is 0. The zero-order valence-corrected chi connectivity index (χ0v) is 18.0. The summed E-state index contributed by atoms with van der Waals surface area (Å²) in [5, 5.41) is 0. The van der Waals surface area contributed by atoms with Crippen LogP contribution in [0, 0.1) is 29.1 Å². The van der Waals surface area contributed by atoms with Crippen molar-refractivity contribution in [3.63, 3.8) is 0 Å². The third-order valence-corrected chi connectivity index (χ3v) is 6.11. The minimum Gasteiger partial charge on any atom is -0.206 e. The van der Waals surface area contributed by atoms with E-state index in [0.29, 0.717) is 47.9 Å². The molecule has 1 aliphatic carbocycles. The van der Waals surface area contributed by atoms with E-state index in [2.05, 4.69) is 0 Å². The van der Waals surface area contributed by atoms with Crippen LogP contribution in [-0.4, -0.2) is 0 Å². The third-order valence-electron chi connectivity index (χ3n) is 6.11. The molecule has 0 bridgehead atoms. The lowest BCUT2D eigenvalue weighted by Crippen LogP contribution is -2.07. The highest BCUT2D eigenvalue weighted by Gasteiger charge is 2.24. The van der Waals surface area contributed by atoms with Gasteiger partial charge in [-0.3, -0.25) is 0 Å². The van der Waals surface area contributed by atoms with Crippen LogP contribution in [0.2, 0.25) is 0 Å². The molecule has 3 aromatic rings. The summed E-state index contributed by atoms with van der Waals surface area (Å²) < 4.78 is 73.2. The predicted octanol–water partition coefficient (Wildman–Crippen LogP) is 8.05. The quantitative estimate of drug-likeness (QED) is 0.351. The van der Waals surface area contributed by atoms with Crippen LogP contribution >= 0.6 is 0 Å². The Morgan fingerprint density at radius 2 is 1.22 bits per heavy atom. The number of benzene rings is 3. The number of allylic oxidation sites excluding steroid dienone is 1. The predicted molar refractivity (Wildman–Crippen MR) is 118 cm³/mol. The lowest BCUT2D eigenvalue weighted by molar-refractivity contribution is 0.495. The Kier molecular flexibility index (Phi) is 6.18. The summed E-state index contributed by atoms with van der Waals surface area (Å²) in [5.41, 5.74) is 2.05. The van der Waals surface area contributed by atoms with Gasteiger partial charge in [-0.2, -0.15) is 0 Å². The first-order valence-electron chi connectivity index (χ1n) is 10.8. The summed E-state index contributed by atoms with van der Waals surface area (Å²) in [5.74, 6) is -4.39. The van der Waals surface area contributed by atoms with E-state index >= 15 is 4.39 Å². The Labute approximate surface area is 184 Å². The maximum atomic E-state index is 15.3. The second-order valence-corrected chi connectivity index (χ2v) is 8.07. The van der Waals surface area contributed by atoms with Gasteiger partial charge < -0.3 is 0 Å². The van der Waals surface area contributed by atoms with Crippen molar-refractivity contribution in [2.45, 2.75) is 46.0 Å². The molecule has 0 saturated heterocycles. The molecule has 0 amide bonds. The summed E-state index contributed by atoms with van der Waals surface area (Å²) in [6, 6.07) is 9.02. The molecule has 0 nitrogen and oxygen atoms in total. The maximum absolute atomic E-state index is 15.3. The summed E-state index contributed by atoms with van der Waals surface area (Å²) in [7, 11) is 0. The number of fused-ring (bicyclic) bond motifs is 1. The molecular formula is C27H23F5. The molecule has 0 heterocycles. The van der Waals surface area contributed by atoms with E-state index in [1.54, 1.807) is 31.2 Å². The third kappa shape index (κ3) is 3.74. The van der Waals surface area contributed by atoms with E-state index in [-0.39, 0.29) is 28.7 Å². The second kappa shape index (κ2) is 8.89. The molecule has 0 unspecified atom stereocenters. The highest BCUT2D eigenvalue weighted by atomic mass is 19.2. The fraction of sp³-hybridized carbons (Fsp3) is 0.259. The molecule has 0 saturated carbocycles. The number of rotatable bonds is 5. The fourth-order valence-corrected chi connectivity index (χ4v) is 4.34. The average molecular weight is 442 g/mol. The molecule has 0 atom stereocenters. The number of hydrogen-bond donors (Lipinski definition) is 0. The zero-order valence-electron chi connectivity index (χ0n) is 18.0. The highest BCUT2D eigenvalue weighted by Crippen LogP contribution is 2.38. The second-order valence-electron chi connectivity index (χ2n) is 8.07. The van der Waals surface area contributed by atoms with Crippen LogP contribution in [0.15, 0.2) is 36.4 Å². The molecule has 1 aliphatic rings. The van der Waals surface area contributed by atoms with Crippen molar-refractivity contribution in [2.24, 2.45) is 0 Å². The van der Waals surface area contributed by atoms with Crippen molar-refractivity contribution in [1.82, 2.24) is 0 Å². The topological polar surface area (TPSA) is 0 Å². The number of aryl methyl sites for hydroxylation is 2. The van der Waals surface area contributed by atoms with Gasteiger partial charge in [0.05, 0.1) is 0 Å². The van der Waals surface area contributed by atoms with E-state index in [4.69, 9.17) is 0 Å². The van der Waals surface area contributed by atoms with Gasteiger partial charge >= 0.3 is 0 Å². The highest BCUT2D eigenvalue weighted by molar-refractivity contribution is 5.86. The van der Waals surface area contributed by atoms with E-state index in [9.17, 15) is 17.6 Å². The van der Waals surface area contributed by atoms with Gasteiger partial charge in [-0.15, -0.1) is 0 Å². The standard InChI is InChI=1S/C27H23F5/c1-3-5-16-7-10-20(26(31)24(16)29)18-8-11-19-17(14-18)9-13-21(25(19)30)22-12-6-15(4-2)23(28)27(22)32/h6-7,9-10,12-14H,3-5,8,11H2,1-2H3. The van der Waals surface area contributed by atoms with Gasteiger partial charge in [0, 0.05) is 16.7 Å². The summed E-state index contributed by atoms with van der Waals surface area (Å²) in [4.78, 5) is 0. The molecule has 0 N–H and O–H groups in total. The van der Waals surface area contributed by atoms with E-state index < -0.39 is 29.1 Å². The van der Waals surface area contributed by atoms with Gasteiger partial charge in [-0.25, -0.2) is 22.0 Å². The monoisotopic (exact) mass is 442 g/mol. The van der Waals surface area contributed by atoms with Crippen molar-refractivity contribution in [3.8, 4) is 11.1 Å². The van der Waals surface area contributed by atoms with E-state index in [1.807, 2.05) is 6.92 Å². The minimum absolute atomic E-state index is 0.0132. The van der Waals surface area contributed by atoms with Crippen LogP contribution < -0.4 is 0 Å². The maximum Gasteiger partial charge on any atom is 0.167 e. The Bertz CT molecular complexity index is 1220. The molecule has 32 heavy (non-hydrogen) atoms.